The lowest BCUT2D eigenvalue weighted by Crippen LogP contribution is -2.44. The van der Waals surface area contributed by atoms with E-state index in [0.29, 0.717) is 10.8 Å². The van der Waals surface area contributed by atoms with Crippen LogP contribution in [0.2, 0.25) is 10.0 Å². The minimum absolute atomic E-state index is 0.0982. The highest BCUT2D eigenvalue weighted by atomic mass is 35.5. The summed E-state index contributed by atoms with van der Waals surface area (Å²) in [5.41, 5.74) is 1.27. The fourth-order valence-electron chi connectivity index (χ4n) is 3.03. The zero-order valence-corrected chi connectivity index (χ0v) is 16.8. The molecule has 1 saturated heterocycles. The average molecular weight is 409 g/mol. The van der Waals surface area contributed by atoms with Crippen molar-refractivity contribution in [3.63, 3.8) is 0 Å². The van der Waals surface area contributed by atoms with Crippen molar-refractivity contribution in [1.29, 1.82) is 0 Å². The van der Waals surface area contributed by atoms with Crippen molar-refractivity contribution in [2.45, 2.75) is 30.3 Å². The Morgan fingerprint density at radius 3 is 2.19 bits per heavy atom. The predicted molar refractivity (Wildman–Crippen MR) is 110 cm³/mol. The van der Waals surface area contributed by atoms with Gasteiger partial charge in [-0.05, 0) is 54.8 Å². The van der Waals surface area contributed by atoms with E-state index in [2.05, 4.69) is 22.3 Å². The van der Waals surface area contributed by atoms with Crippen LogP contribution in [0.5, 0.6) is 0 Å². The molecule has 6 heteroatoms. The van der Waals surface area contributed by atoms with Gasteiger partial charge in [0.05, 0.1) is 5.75 Å². The van der Waals surface area contributed by atoms with E-state index >= 15 is 0 Å². The van der Waals surface area contributed by atoms with E-state index in [4.69, 9.17) is 23.2 Å². The number of hydrogen-bond donors (Lipinski definition) is 1. The Kier molecular flexibility index (Phi) is 7.26. The summed E-state index contributed by atoms with van der Waals surface area (Å²) in [4.78, 5) is 15.7. The van der Waals surface area contributed by atoms with Gasteiger partial charge in [0.15, 0.2) is 0 Å². The number of nitrogens with zero attached hydrogens (tertiary/aromatic N) is 1. The van der Waals surface area contributed by atoms with Crippen molar-refractivity contribution in [1.82, 2.24) is 10.2 Å². The topological polar surface area (TPSA) is 32.3 Å². The number of thioether (sulfide) groups is 1. The summed E-state index contributed by atoms with van der Waals surface area (Å²) in [7, 11) is 0. The molecule has 1 aliphatic heterocycles. The number of likely N-dealkylation sites (tertiary alicyclic amines) is 1. The van der Waals surface area contributed by atoms with Crippen molar-refractivity contribution in [2.24, 2.45) is 0 Å². The van der Waals surface area contributed by atoms with Crippen LogP contribution in [-0.4, -0.2) is 35.7 Å². The fourth-order valence-corrected chi connectivity index (χ4v) is 3.99. The Morgan fingerprint density at radius 2 is 1.58 bits per heavy atom. The second kappa shape index (κ2) is 9.65. The van der Waals surface area contributed by atoms with E-state index in [1.54, 1.807) is 0 Å². The number of halogens is 2. The van der Waals surface area contributed by atoms with Crippen molar-refractivity contribution in [2.75, 3.05) is 18.8 Å². The summed E-state index contributed by atoms with van der Waals surface area (Å²) in [5.74, 6) is 0.535. The molecule has 1 aliphatic rings. The zero-order chi connectivity index (χ0) is 18.4. The lowest BCUT2D eigenvalue weighted by Gasteiger charge is -2.32. The highest BCUT2D eigenvalue weighted by molar-refractivity contribution is 8.00. The van der Waals surface area contributed by atoms with Gasteiger partial charge in [-0.3, -0.25) is 9.69 Å². The highest BCUT2D eigenvalue weighted by Crippen LogP contribution is 2.20. The molecule has 26 heavy (non-hydrogen) atoms. The van der Waals surface area contributed by atoms with Gasteiger partial charge in [0.25, 0.3) is 0 Å². The summed E-state index contributed by atoms with van der Waals surface area (Å²) in [6.07, 6.45) is 1.98. The average Bonchev–Trinajstić information content (AvgIpc) is 2.65. The number of piperidine rings is 1. The maximum Gasteiger partial charge on any atom is 0.230 e. The molecule has 3 rings (SSSR count). The molecule has 0 spiro atoms. The SMILES string of the molecule is O=C(CSc1ccc(Cl)cc1)NC1CCN(Cc2ccc(Cl)cc2)CC1. The van der Waals surface area contributed by atoms with E-state index in [0.717, 1.165) is 42.4 Å². The minimum atomic E-state index is 0.0982. The van der Waals surface area contributed by atoms with Crippen LogP contribution >= 0.6 is 35.0 Å². The quantitative estimate of drug-likeness (QED) is 0.692. The summed E-state index contributed by atoms with van der Waals surface area (Å²) >= 11 is 13.3. The van der Waals surface area contributed by atoms with Crippen LogP contribution in [0.1, 0.15) is 18.4 Å². The van der Waals surface area contributed by atoms with Gasteiger partial charge in [-0.2, -0.15) is 0 Å². The number of rotatable bonds is 6. The Bertz CT molecular complexity index is 714. The van der Waals surface area contributed by atoms with Gasteiger partial charge >= 0.3 is 0 Å². The first-order valence-electron chi connectivity index (χ1n) is 8.73. The van der Waals surface area contributed by atoms with Crippen LogP contribution in [0, 0.1) is 0 Å². The fraction of sp³-hybridized carbons (Fsp3) is 0.350. The lowest BCUT2D eigenvalue weighted by molar-refractivity contribution is -0.119. The van der Waals surface area contributed by atoms with Gasteiger partial charge < -0.3 is 5.32 Å². The van der Waals surface area contributed by atoms with Gasteiger partial charge in [-0.25, -0.2) is 0 Å². The second-order valence-corrected chi connectivity index (χ2v) is 8.41. The van der Waals surface area contributed by atoms with Crippen LogP contribution in [0.3, 0.4) is 0 Å². The first-order valence-corrected chi connectivity index (χ1v) is 10.5. The zero-order valence-electron chi connectivity index (χ0n) is 14.5. The first-order chi connectivity index (χ1) is 12.6. The van der Waals surface area contributed by atoms with Gasteiger partial charge in [-0.15, -0.1) is 11.8 Å². The summed E-state index contributed by atoms with van der Waals surface area (Å²) < 4.78 is 0. The molecule has 0 aromatic heterocycles. The van der Waals surface area contributed by atoms with E-state index in [-0.39, 0.29) is 11.9 Å². The van der Waals surface area contributed by atoms with Crippen LogP contribution in [0.4, 0.5) is 0 Å². The first kappa shape index (κ1) is 19.6. The van der Waals surface area contributed by atoms with Crippen LogP contribution in [0.15, 0.2) is 53.4 Å². The molecule has 0 radical (unpaired) electrons. The van der Waals surface area contributed by atoms with Crippen LogP contribution < -0.4 is 5.32 Å². The third-order valence-corrected chi connectivity index (χ3v) is 5.97. The molecular formula is C20H22Cl2N2OS. The second-order valence-electron chi connectivity index (χ2n) is 6.49. The molecule has 0 aliphatic carbocycles. The molecule has 1 N–H and O–H groups in total. The van der Waals surface area contributed by atoms with Gasteiger partial charge in [0.1, 0.15) is 0 Å². The molecule has 138 valence electrons. The van der Waals surface area contributed by atoms with Crippen LogP contribution in [0.25, 0.3) is 0 Å². The molecule has 0 atom stereocenters. The van der Waals surface area contributed by atoms with E-state index in [9.17, 15) is 4.79 Å². The third-order valence-electron chi connectivity index (χ3n) is 4.46. The molecule has 0 bridgehead atoms. The molecule has 0 unspecified atom stereocenters. The normalized spacial score (nSPS) is 15.8. The molecule has 1 fully saturated rings. The number of nitrogens with one attached hydrogen (secondary N) is 1. The van der Waals surface area contributed by atoms with Crippen molar-refractivity contribution >= 4 is 40.9 Å². The number of carbonyl (C=O) groups excluding carboxylic acids is 1. The van der Waals surface area contributed by atoms with Crippen molar-refractivity contribution < 1.29 is 4.79 Å². The van der Waals surface area contributed by atoms with E-state index in [1.807, 2.05) is 36.4 Å². The van der Waals surface area contributed by atoms with Crippen molar-refractivity contribution in [3.8, 4) is 0 Å². The highest BCUT2D eigenvalue weighted by Gasteiger charge is 2.20. The largest absolute Gasteiger partial charge is 0.353 e. The smallest absolute Gasteiger partial charge is 0.230 e. The van der Waals surface area contributed by atoms with E-state index < -0.39 is 0 Å². The van der Waals surface area contributed by atoms with Gasteiger partial charge in [-0.1, -0.05) is 35.3 Å². The maximum absolute atomic E-state index is 12.2. The van der Waals surface area contributed by atoms with Crippen molar-refractivity contribution in [3.05, 3.63) is 64.1 Å². The summed E-state index contributed by atoms with van der Waals surface area (Å²) in [6.45, 7) is 2.93. The minimum Gasteiger partial charge on any atom is -0.353 e. The molecule has 0 saturated carbocycles. The third kappa shape index (κ3) is 6.20. The number of hydrogen-bond acceptors (Lipinski definition) is 3. The number of benzene rings is 2. The maximum atomic E-state index is 12.2. The predicted octanol–water partition coefficient (Wildman–Crippen LogP) is 4.87. The molecule has 2 aromatic carbocycles. The van der Waals surface area contributed by atoms with Gasteiger partial charge in [0.2, 0.25) is 5.91 Å². The molecule has 1 heterocycles. The molecular weight excluding hydrogens is 387 g/mol. The Hall–Kier alpha value is -1.20. The summed E-state index contributed by atoms with van der Waals surface area (Å²) in [5, 5.41) is 4.64. The Morgan fingerprint density at radius 1 is 1.00 bits per heavy atom. The van der Waals surface area contributed by atoms with Gasteiger partial charge in [0, 0.05) is 40.6 Å². The van der Waals surface area contributed by atoms with Crippen LogP contribution in [-0.2, 0) is 11.3 Å². The number of carbonyl (C=O) groups is 1. The lowest BCUT2D eigenvalue weighted by atomic mass is 10.0. The molecule has 1 amide bonds. The van der Waals surface area contributed by atoms with E-state index in [1.165, 1.54) is 17.3 Å². The number of amides is 1. The molecule has 2 aromatic rings. The summed E-state index contributed by atoms with van der Waals surface area (Å²) in [6, 6.07) is 15.9. The standard InChI is InChI=1S/C20H22Cl2N2OS/c21-16-3-1-15(2-4-16)13-24-11-9-18(10-12-24)23-20(25)14-26-19-7-5-17(22)6-8-19/h1-8,18H,9-14H2,(H,23,25). The molecule has 3 nitrogen and oxygen atoms in total. The Balaban J connectivity index is 1.37. The Labute approximate surface area is 169 Å². The monoisotopic (exact) mass is 408 g/mol.